The predicted molar refractivity (Wildman–Crippen MR) is 72.3 cm³/mol. The summed E-state index contributed by atoms with van der Waals surface area (Å²) < 4.78 is 21.1. The van der Waals surface area contributed by atoms with Gasteiger partial charge in [-0.25, -0.2) is 0 Å². The third-order valence-corrected chi connectivity index (χ3v) is 4.17. The van der Waals surface area contributed by atoms with Gasteiger partial charge in [-0.2, -0.15) is 0 Å². The largest absolute Gasteiger partial charge is 0.394 e. The second-order valence-electron chi connectivity index (χ2n) is 5.71. The number of rotatable bonds is 8. The molecule has 2 saturated heterocycles. The Balaban J connectivity index is 2.07. The summed E-state index contributed by atoms with van der Waals surface area (Å²) in [6.45, 7) is -2.11. The van der Waals surface area contributed by atoms with Crippen molar-refractivity contribution in [2.75, 3.05) is 39.8 Å². The lowest BCUT2D eigenvalue weighted by molar-refractivity contribution is -0.192. The highest BCUT2D eigenvalue weighted by atomic mass is 16.6. The molecule has 2 heterocycles. The number of ether oxygens (including phenoxy) is 4. The van der Waals surface area contributed by atoms with Gasteiger partial charge in [0.05, 0.1) is 33.0 Å². The van der Waals surface area contributed by atoms with Gasteiger partial charge in [0.2, 0.25) is 0 Å². The van der Waals surface area contributed by atoms with Gasteiger partial charge >= 0.3 is 0 Å². The lowest BCUT2D eigenvalue weighted by atomic mass is 9.96. The second-order valence-corrected chi connectivity index (χ2v) is 5.71. The molecule has 0 aromatic rings. The van der Waals surface area contributed by atoms with Crippen molar-refractivity contribution >= 4 is 0 Å². The molecule has 2 fully saturated rings. The number of aliphatic hydroxyl groups excluding tert-OH is 6. The fourth-order valence-corrected chi connectivity index (χ4v) is 2.87. The molecule has 0 saturated carbocycles. The Kier molecular flexibility index (Phi) is 6.68. The molecule has 0 spiro atoms. The lowest BCUT2D eigenvalue weighted by Crippen LogP contribution is -2.52. The fourth-order valence-electron chi connectivity index (χ4n) is 2.87. The summed E-state index contributed by atoms with van der Waals surface area (Å²) in [4.78, 5) is 0. The minimum Gasteiger partial charge on any atom is -0.394 e. The molecule has 0 radical (unpaired) electrons. The maximum Gasteiger partial charge on any atom is 0.144 e. The number of hydrogen-bond donors (Lipinski definition) is 6. The van der Waals surface area contributed by atoms with E-state index in [-0.39, 0.29) is 26.4 Å². The summed E-state index contributed by atoms with van der Waals surface area (Å²) >= 11 is 0. The van der Waals surface area contributed by atoms with Gasteiger partial charge in [-0.3, -0.25) is 0 Å². The zero-order valence-corrected chi connectivity index (χ0v) is 12.5. The zero-order valence-electron chi connectivity index (χ0n) is 12.5. The third-order valence-electron chi connectivity index (χ3n) is 4.17. The van der Waals surface area contributed by atoms with Crippen LogP contribution in [-0.2, 0) is 18.9 Å². The molecule has 2 aliphatic rings. The Morgan fingerprint density at radius 3 is 2.26 bits per heavy atom. The first-order chi connectivity index (χ1) is 11.0. The standard InChI is InChI=1S/C13H24O10/c14-1-8-10(18)12(19)13(23-8,4-20-6-16)5-22-11-7(17)3-21-9(11)2-15/h7-12,14-19H,1-6H2. The van der Waals surface area contributed by atoms with Gasteiger partial charge in [0, 0.05) is 0 Å². The molecule has 7 atom stereocenters. The highest BCUT2D eigenvalue weighted by Gasteiger charge is 2.55. The molecule has 136 valence electrons. The maximum atomic E-state index is 10.2. The third kappa shape index (κ3) is 3.82. The van der Waals surface area contributed by atoms with Crippen molar-refractivity contribution in [2.24, 2.45) is 0 Å². The van der Waals surface area contributed by atoms with Crippen molar-refractivity contribution in [2.45, 2.75) is 42.2 Å². The molecule has 2 rings (SSSR count). The molecule has 2 aliphatic heterocycles. The highest BCUT2D eigenvalue weighted by molar-refractivity contribution is 5.03. The van der Waals surface area contributed by atoms with E-state index in [1.54, 1.807) is 0 Å². The molecule has 10 nitrogen and oxygen atoms in total. The minimum absolute atomic E-state index is 0.00132. The van der Waals surface area contributed by atoms with Crippen LogP contribution in [0.5, 0.6) is 0 Å². The van der Waals surface area contributed by atoms with Crippen LogP contribution >= 0.6 is 0 Å². The van der Waals surface area contributed by atoms with Crippen LogP contribution in [0.15, 0.2) is 0 Å². The van der Waals surface area contributed by atoms with E-state index in [4.69, 9.17) is 24.1 Å². The summed E-state index contributed by atoms with van der Waals surface area (Å²) in [6, 6.07) is 0. The maximum absolute atomic E-state index is 10.2. The first-order valence-corrected chi connectivity index (χ1v) is 7.34. The van der Waals surface area contributed by atoms with E-state index in [9.17, 15) is 25.5 Å². The SMILES string of the molecule is OCOCC1(COC2C(O)COC2CO)OC(CO)C(O)C1O. The Hall–Kier alpha value is -0.400. The van der Waals surface area contributed by atoms with Crippen LogP contribution in [0.2, 0.25) is 0 Å². The van der Waals surface area contributed by atoms with Crippen molar-refractivity contribution in [1.82, 2.24) is 0 Å². The molecule has 0 bridgehead atoms. The van der Waals surface area contributed by atoms with E-state index in [0.717, 1.165) is 0 Å². The summed E-state index contributed by atoms with van der Waals surface area (Å²) in [6.07, 6.45) is -6.35. The molecule has 23 heavy (non-hydrogen) atoms. The molecule has 0 aromatic heterocycles. The van der Waals surface area contributed by atoms with Crippen LogP contribution in [0.3, 0.4) is 0 Å². The Morgan fingerprint density at radius 2 is 1.70 bits per heavy atom. The van der Waals surface area contributed by atoms with Crippen LogP contribution in [-0.4, -0.2) is 113 Å². The van der Waals surface area contributed by atoms with E-state index in [1.807, 2.05) is 0 Å². The van der Waals surface area contributed by atoms with Gasteiger partial charge in [-0.05, 0) is 0 Å². The zero-order chi connectivity index (χ0) is 17.0. The summed E-state index contributed by atoms with van der Waals surface area (Å²) in [5.74, 6) is 0. The number of hydrogen-bond acceptors (Lipinski definition) is 10. The van der Waals surface area contributed by atoms with E-state index >= 15 is 0 Å². The van der Waals surface area contributed by atoms with Crippen molar-refractivity contribution in [3.8, 4) is 0 Å². The second kappa shape index (κ2) is 8.12. The molecule has 10 heteroatoms. The van der Waals surface area contributed by atoms with E-state index in [0.29, 0.717) is 0 Å². The van der Waals surface area contributed by atoms with Gasteiger partial charge in [-0.15, -0.1) is 0 Å². The van der Waals surface area contributed by atoms with Gasteiger partial charge in [0.1, 0.15) is 49.0 Å². The molecule has 0 aromatic carbocycles. The van der Waals surface area contributed by atoms with E-state index in [1.165, 1.54) is 0 Å². The molecule has 0 amide bonds. The van der Waals surface area contributed by atoms with Gasteiger partial charge < -0.3 is 49.6 Å². The first-order valence-electron chi connectivity index (χ1n) is 7.34. The fraction of sp³-hybridized carbons (Fsp3) is 1.00. The molecular formula is C13H24O10. The smallest absolute Gasteiger partial charge is 0.144 e. The van der Waals surface area contributed by atoms with Crippen molar-refractivity contribution in [3.63, 3.8) is 0 Å². The van der Waals surface area contributed by atoms with Gasteiger partial charge in [0.25, 0.3) is 0 Å². The molecule has 0 aliphatic carbocycles. The normalized spacial score (nSPS) is 44.1. The van der Waals surface area contributed by atoms with Gasteiger partial charge in [0.15, 0.2) is 0 Å². The monoisotopic (exact) mass is 340 g/mol. The Labute approximate surface area is 132 Å². The molecular weight excluding hydrogens is 316 g/mol. The highest BCUT2D eigenvalue weighted by Crippen LogP contribution is 2.33. The average Bonchev–Trinajstić information content (AvgIpc) is 3.03. The Morgan fingerprint density at radius 1 is 1.00 bits per heavy atom. The van der Waals surface area contributed by atoms with Gasteiger partial charge in [-0.1, -0.05) is 0 Å². The van der Waals surface area contributed by atoms with Crippen molar-refractivity contribution in [1.29, 1.82) is 0 Å². The first kappa shape index (κ1) is 18.9. The average molecular weight is 340 g/mol. The van der Waals surface area contributed by atoms with Crippen molar-refractivity contribution < 1.29 is 49.6 Å². The summed E-state index contributed by atoms with van der Waals surface area (Å²) in [7, 11) is 0. The van der Waals surface area contributed by atoms with Crippen LogP contribution in [0, 0.1) is 0 Å². The number of aliphatic hydroxyl groups is 6. The van der Waals surface area contributed by atoms with Crippen LogP contribution < -0.4 is 0 Å². The lowest BCUT2D eigenvalue weighted by Gasteiger charge is -2.33. The predicted octanol–water partition coefficient (Wildman–Crippen LogP) is -4.06. The molecule has 6 N–H and O–H groups in total. The Bertz CT molecular complexity index is 369. The van der Waals surface area contributed by atoms with Crippen LogP contribution in [0.25, 0.3) is 0 Å². The van der Waals surface area contributed by atoms with Crippen LogP contribution in [0.1, 0.15) is 0 Å². The quantitative estimate of drug-likeness (QED) is 0.240. The molecule has 7 unspecified atom stereocenters. The summed E-state index contributed by atoms with van der Waals surface area (Å²) in [5.41, 5.74) is -1.53. The van der Waals surface area contributed by atoms with Crippen molar-refractivity contribution in [3.05, 3.63) is 0 Å². The van der Waals surface area contributed by atoms with Crippen LogP contribution in [0.4, 0.5) is 0 Å². The minimum atomic E-state index is -1.53. The van der Waals surface area contributed by atoms with E-state index < -0.39 is 55.6 Å². The van der Waals surface area contributed by atoms with E-state index in [2.05, 4.69) is 0 Å². The summed E-state index contributed by atoms with van der Waals surface area (Å²) in [5, 5.41) is 57.2. The topological polar surface area (TPSA) is 158 Å².